The van der Waals surface area contributed by atoms with E-state index in [1.54, 1.807) is 54.1 Å². The highest BCUT2D eigenvalue weighted by Crippen LogP contribution is 2.25. The Kier molecular flexibility index (Phi) is 5.23. The highest BCUT2D eigenvalue weighted by molar-refractivity contribution is 6.30. The number of carbonyl (C=O) groups excluding carboxylic acids is 2. The zero-order valence-corrected chi connectivity index (χ0v) is 14.5. The van der Waals surface area contributed by atoms with Crippen molar-refractivity contribution in [2.75, 3.05) is 6.61 Å². The van der Waals surface area contributed by atoms with Crippen molar-refractivity contribution in [3.8, 4) is 17.1 Å². The van der Waals surface area contributed by atoms with Gasteiger partial charge in [-0.2, -0.15) is 5.10 Å². The lowest BCUT2D eigenvalue weighted by atomic mass is 10.2. The van der Waals surface area contributed by atoms with Crippen LogP contribution in [0.4, 0.5) is 4.79 Å². The number of hydrazine groups is 1. The summed E-state index contributed by atoms with van der Waals surface area (Å²) in [4.78, 5) is 23.6. The van der Waals surface area contributed by atoms with Gasteiger partial charge in [0.05, 0.1) is 18.6 Å². The molecule has 26 heavy (non-hydrogen) atoms. The van der Waals surface area contributed by atoms with Gasteiger partial charge in [-0.3, -0.25) is 10.2 Å². The van der Waals surface area contributed by atoms with Gasteiger partial charge in [-0.05, 0) is 43.3 Å². The van der Waals surface area contributed by atoms with E-state index < -0.39 is 12.0 Å². The molecule has 0 fully saturated rings. The predicted octanol–water partition coefficient (Wildman–Crippen LogP) is 3.18. The lowest BCUT2D eigenvalue weighted by Crippen LogP contribution is -2.42. The first-order valence-corrected chi connectivity index (χ1v) is 8.09. The molecule has 1 aromatic carbocycles. The molecule has 0 aliphatic heterocycles. The molecule has 134 valence electrons. The normalized spacial score (nSPS) is 10.4. The summed E-state index contributed by atoms with van der Waals surface area (Å²) in [6, 6.07) is 12.0. The van der Waals surface area contributed by atoms with Crippen molar-refractivity contribution in [1.29, 1.82) is 0 Å². The second kappa shape index (κ2) is 7.75. The molecular formula is C17H15ClN4O4. The maximum absolute atomic E-state index is 12.3. The van der Waals surface area contributed by atoms with Gasteiger partial charge >= 0.3 is 6.09 Å². The molecule has 2 aromatic heterocycles. The number of benzene rings is 1. The molecule has 9 heteroatoms. The number of nitrogens with zero attached hydrogens (tertiary/aromatic N) is 2. The molecule has 2 heterocycles. The molecule has 0 saturated heterocycles. The highest BCUT2D eigenvalue weighted by atomic mass is 35.5. The van der Waals surface area contributed by atoms with Gasteiger partial charge in [-0.25, -0.2) is 14.9 Å². The average Bonchev–Trinajstić information content (AvgIpc) is 3.30. The van der Waals surface area contributed by atoms with Gasteiger partial charge in [0.2, 0.25) is 0 Å². The van der Waals surface area contributed by atoms with Gasteiger partial charge < -0.3 is 9.15 Å². The maximum Gasteiger partial charge on any atom is 0.426 e. The SMILES string of the molecule is CCOC(=O)NNC(=O)c1cc(-c2ccco2)n(-c2ccc(Cl)cc2)n1. The molecule has 2 amide bonds. The molecule has 0 aliphatic rings. The van der Waals surface area contributed by atoms with Crippen LogP contribution in [0.25, 0.3) is 17.1 Å². The van der Waals surface area contributed by atoms with Crippen LogP contribution < -0.4 is 10.9 Å². The number of hydrogen-bond donors (Lipinski definition) is 2. The number of ether oxygens (including phenoxy) is 1. The van der Waals surface area contributed by atoms with Crippen molar-refractivity contribution in [3.63, 3.8) is 0 Å². The van der Waals surface area contributed by atoms with Crippen LogP contribution in [0.15, 0.2) is 53.1 Å². The number of halogens is 1. The Labute approximate surface area is 153 Å². The average molecular weight is 375 g/mol. The summed E-state index contributed by atoms with van der Waals surface area (Å²) >= 11 is 5.93. The van der Waals surface area contributed by atoms with Crippen LogP contribution in [0.2, 0.25) is 5.02 Å². The van der Waals surface area contributed by atoms with Crippen molar-refractivity contribution in [2.24, 2.45) is 0 Å². The fraction of sp³-hybridized carbons (Fsp3) is 0.118. The summed E-state index contributed by atoms with van der Waals surface area (Å²) in [7, 11) is 0. The molecule has 0 bridgehead atoms. The third kappa shape index (κ3) is 3.86. The fourth-order valence-electron chi connectivity index (χ4n) is 2.21. The van der Waals surface area contributed by atoms with E-state index in [-0.39, 0.29) is 12.3 Å². The molecular weight excluding hydrogens is 360 g/mol. The topological polar surface area (TPSA) is 98.4 Å². The van der Waals surface area contributed by atoms with E-state index in [1.165, 1.54) is 6.26 Å². The molecule has 2 N–H and O–H groups in total. The Morgan fingerprint density at radius 3 is 2.65 bits per heavy atom. The Hall–Kier alpha value is -3.26. The lowest BCUT2D eigenvalue weighted by Gasteiger charge is -2.06. The summed E-state index contributed by atoms with van der Waals surface area (Å²) in [5.74, 6) is -0.0663. The van der Waals surface area contributed by atoms with Crippen LogP contribution in [-0.2, 0) is 4.74 Å². The largest absolute Gasteiger partial charge is 0.463 e. The van der Waals surface area contributed by atoms with Crippen molar-refractivity contribution in [1.82, 2.24) is 20.6 Å². The van der Waals surface area contributed by atoms with Crippen LogP contribution in [0.5, 0.6) is 0 Å². The second-order valence-electron chi connectivity index (χ2n) is 5.08. The number of nitrogens with one attached hydrogen (secondary N) is 2. The summed E-state index contributed by atoms with van der Waals surface area (Å²) in [5, 5.41) is 4.88. The van der Waals surface area contributed by atoms with Gasteiger partial charge in [0.15, 0.2) is 11.5 Å². The summed E-state index contributed by atoms with van der Waals surface area (Å²) in [6.45, 7) is 1.85. The Bertz CT molecular complexity index is 904. The number of amides is 2. The van der Waals surface area contributed by atoms with Gasteiger partial charge in [-0.1, -0.05) is 11.6 Å². The third-order valence-corrected chi connectivity index (χ3v) is 3.59. The zero-order valence-electron chi connectivity index (χ0n) is 13.7. The Morgan fingerprint density at radius 2 is 2.00 bits per heavy atom. The molecule has 0 atom stereocenters. The van der Waals surface area contributed by atoms with Crippen LogP contribution in [-0.4, -0.2) is 28.4 Å². The van der Waals surface area contributed by atoms with Crippen molar-refractivity contribution >= 4 is 23.6 Å². The quantitative estimate of drug-likeness (QED) is 0.683. The molecule has 0 unspecified atom stereocenters. The highest BCUT2D eigenvalue weighted by Gasteiger charge is 2.18. The molecule has 0 radical (unpaired) electrons. The summed E-state index contributed by atoms with van der Waals surface area (Å²) in [6.07, 6.45) is 0.764. The van der Waals surface area contributed by atoms with E-state index in [9.17, 15) is 9.59 Å². The zero-order chi connectivity index (χ0) is 18.5. The predicted molar refractivity (Wildman–Crippen MR) is 93.9 cm³/mol. The van der Waals surface area contributed by atoms with Gasteiger partial charge in [0.25, 0.3) is 5.91 Å². The van der Waals surface area contributed by atoms with Crippen molar-refractivity contribution in [3.05, 3.63) is 59.4 Å². The minimum atomic E-state index is -0.760. The van der Waals surface area contributed by atoms with E-state index in [1.807, 2.05) is 0 Å². The smallest absolute Gasteiger partial charge is 0.426 e. The summed E-state index contributed by atoms with van der Waals surface area (Å²) < 4.78 is 11.6. The first kappa shape index (κ1) is 17.6. The van der Waals surface area contributed by atoms with Crippen molar-refractivity contribution in [2.45, 2.75) is 6.92 Å². The lowest BCUT2D eigenvalue weighted by molar-refractivity contribution is 0.0907. The molecule has 8 nitrogen and oxygen atoms in total. The van der Waals surface area contributed by atoms with E-state index in [4.69, 9.17) is 16.0 Å². The third-order valence-electron chi connectivity index (χ3n) is 3.34. The first-order chi connectivity index (χ1) is 12.6. The second-order valence-corrected chi connectivity index (χ2v) is 5.52. The molecule has 3 aromatic rings. The van der Waals surface area contributed by atoms with Gasteiger partial charge in [0, 0.05) is 11.1 Å². The number of aromatic nitrogens is 2. The van der Waals surface area contributed by atoms with Gasteiger partial charge in [-0.15, -0.1) is 0 Å². The monoisotopic (exact) mass is 374 g/mol. The Balaban J connectivity index is 1.90. The first-order valence-electron chi connectivity index (χ1n) is 7.71. The van der Waals surface area contributed by atoms with Crippen LogP contribution >= 0.6 is 11.6 Å². The molecule has 0 aliphatic carbocycles. The van der Waals surface area contributed by atoms with Crippen molar-refractivity contribution < 1.29 is 18.7 Å². The van der Waals surface area contributed by atoms with Crippen LogP contribution in [0.1, 0.15) is 17.4 Å². The number of furan rings is 1. The van der Waals surface area contributed by atoms with Crippen LogP contribution in [0, 0.1) is 0 Å². The molecule has 0 spiro atoms. The summed E-state index contributed by atoms with van der Waals surface area (Å²) in [5.41, 5.74) is 5.73. The number of rotatable bonds is 4. The molecule has 0 saturated carbocycles. The standard InChI is InChI=1S/C17H15ClN4O4/c1-2-25-17(24)20-19-16(23)13-10-14(15-4-3-9-26-15)22(21-13)12-7-5-11(18)6-8-12/h3-10H,2H2,1H3,(H,19,23)(H,20,24). The Morgan fingerprint density at radius 1 is 1.23 bits per heavy atom. The number of carbonyl (C=O) groups is 2. The van der Waals surface area contributed by atoms with Crippen LogP contribution in [0.3, 0.4) is 0 Å². The van der Waals surface area contributed by atoms with E-state index in [0.717, 1.165) is 0 Å². The maximum atomic E-state index is 12.3. The van der Waals surface area contributed by atoms with E-state index in [0.29, 0.717) is 22.2 Å². The van der Waals surface area contributed by atoms with E-state index >= 15 is 0 Å². The minimum absolute atomic E-state index is 0.0862. The number of hydrogen-bond acceptors (Lipinski definition) is 5. The minimum Gasteiger partial charge on any atom is -0.463 e. The van der Waals surface area contributed by atoms with Gasteiger partial charge in [0.1, 0.15) is 5.69 Å². The molecule has 3 rings (SSSR count). The fourth-order valence-corrected chi connectivity index (χ4v) is 2.34. The van der Waals surface area contributed by atoms with E-state index in [2.05, 4.69) is 20.7 Å².